The van der Waals surface area contributed by atoms with Crippen molar-refractivity contribution >= 4 is 33.7 Å². The highest BCUT2D eigenvalue weighted by Crippen LogP contribution is 2.17. The number of rotatable bonds is 1. The Kier molecular flexibility index (Phi) is 2.00. The summed E-state index contributed by atoms with van der Waals surface area (Å²) in [4.78, 5) is 4.13. The van der Waals surface area contributed by atoms with Gasteiger partial charge in [-0.15, -0.1) is 0 Å². The van der Waals surface area contributed by atoms with Gasteiger partial charge in [-0.25, -0.2) is 9.37 Å². The lowest BCUT2D eigenvalue weighted by molar-refractivity contribution is 0.554. The van der Waals surface area contributed by atoms with E-state index in [0.29, 0.717) is 21.4 Å². The lowest BCUT2D eigenvalue weighted by Gasteiger charge is -1.84. The molecule has 12 heavy (non-hydrogen) atoms. The lowest BCUT2D eigenvalue weighted by atomic mass is 10.3. The van der Waals surface area contributed by atoms with E-state index in [9.17, 15) is 4.39 Å². The third-order valence-electron chi connectivity index (χ3n) is 1.51. The number of aromatic nitrogens is 1. The Bertz CT molecular complexity index is 412. The van der Waals surface area contributed by atoms with Gasteiger partial charge in [0.1, 0.15) is 11.3 Å². The topological polar surface area (TPSA) is 26.0 Å². The molecule has 0 aliphatic carbocycles. The van der Waals surface area contributed by atoms with E-state index in [1.807, 2.05) is 0 Å². The van der Waals surface area contributed by atoms with Crippen LogP contribution in [0.25, 0.3) is 11.1 Å². The summed E-state index contributed by atoms with van der Waals surface area (Å²) in [6, 6.07) is 4.34. The molecule has 4 heteroatoms. The van der Waals surface area contributed by atoms with Crippen LogP contribution in [0.1, 0.15) is 5.89 Å². The van der Waals surface area contributed by atoms with Crippen molar-refractivity contribution in [3.63, 3.8) is 0 Å². The maximum Gasteiger partial charge on any atom is 0.205 e. The average molecular weight is 277 g/mol. The van der Waals surface area contributed by atoms with Crippen LogP contribution in [0.4, 0.5) is 4.39 Å². The predicted octanol–water partition coefficient (Wildman–Crippen LogP) is 2.90. The van der Waals surface area contributed by atoms with E-state index in [1.54, 1.807) is 6.07 Å². The highest BCUT2D eigenvalue weighted by Gasteiger charge is 2.04. The van der Waals surface area contributed by atoms with Gasteiger partial charge >= 0.3 is 0 Å². The normalized spacial score (nSPS) is 10.8. The van der Waals surface area contributed by atoms with Crippen molar-refractivity contribution in [3.05, 3.63) is 29.9 Å². The van der Waals surface area contributed by atoms with Gasteiger partial charge in [0.05, 0.1) is 4.43 Å². The third kappa shape index (κ3) is 1.31. The van der Waals surface area contributed by atoms with Gasteiger partial charge in [0.15, 0.2) is 5.58 Å². The van der Waals surface area contributed by atoms with E-state index < -0.39 is 0 Å². The predicted molar refractivity (Wildman–Crippen MR) is 51.7 cm³/mol. The third-order valence-corrected chi connectivity index (χ3v) is 2.16. The Hall–Kier alpha value is -0.650. The summed E-state index contributed by atoms with van der Waals surface area (Å²) in [6.45, 7) is 0. The van der Waals surface area contributed by atoms with Crippen LogP contribution in [0.3, 0.4) is 0 Å². The van der Waals surface area contributed by atoms with Crippen LogP contribution >= 0.6 is 22.6 Å². The van der Waals surface area contributed by atoms with Gasteiger partial charge in [0.2, 0.25) is 5.89 Å². The number of hydrogen-bond donors (Lipinski definition) is 0. The first kappa shape index (κ1) is 7.97. The fourth-order valence-electron chi connectivity index (χ4n) is 1.00. The summed E-state index contributed by atoms with van der Waals surface area (Å²) in [7, 11) is 0. The largest absolute Gasteiger partial charge is 0.440 e. The highest BCUT2D eigenvalue weighted by atomic mass is 127. The van der Waals surface area contributed by atoms with Gasteiger partial charge < -0.3 is 4.42 Å². The van der Waals surface area contributed by atoms with Crippen molar-refractivity contribution in [2.45, 2.75) is 4.43 Å². The number of nitrogens with zero attached hydrogens (tertiary/aromatic N) is 1. The fraction of sp³-hybridized carbons (Fsp3) is 0.125. The zero-order valence-corrected chi connectivity index (χ0v) is 8.21. The molecular formula is C8H5FINO. The minimum absolute atomic E-state index is 0.293. The van der Waals surface area contributed by atoms with E-state index in [2.05, 4.69) is 27.6 Å². The van der Waals surface area contributed by atoms with Crippen LogP contribution in [0.5, 0.6) is 0 Å². The zero-order chi connectivity index (χ0) is 8.55. The van der Waals surface area contributed by atoms with Crippen molar-refractivity contribution in [2.24, 2.45) is 0 Å². The summed E-state index contributed by atoms with van der Waals surface area (Å²) in [5, 5.41) is 0. The molecule has 2 rings (SSSR count). The molecule has 0 fully saturated rings. The smallest absolute Gasteiger partial charge is 0.205 e. The maximum atomic E-state index is 12.7. The van der Waals surface area contributed by atoms with E-state index in [4.69, 9.17) is 4.42 Å². The molecule has 0 saturated heterocycles. The lowest BCUT2D eigenvalue weighted by Crippen LogP contribution is -1.73. The minimum atomic E-state index is -0.293. The second-order valence-electron chi connectivity index (χ2n) is 2.35. The van der Waals surface area contributed by atoms with Crippen molar-refractivity contribution in [1.29, 1.82) is 0 Å². The van der Waals surface area contributed by atoms with Crippen LogP contribution in [-0.2, 0) is 4.43 Å². The number of fused-ring (bicyclic) bond motifs is 1. The summed E-state index contributed by atoms with van der Waals surface area (Å²) < 4.78 is 18.6. The fourth-order valence-corrected chi connectivity index (χ4v) is 1.33. The maximum absolute atomic E-state index is 12.7. The second-order valence-corrected chi connectivity index (χ2v) is 3.12. The molecule has 1 heterocycles. The van der Waals surface area contributed by atoms with Gasteiger partial charge in [-0.2, -0.15) is 0 Å². The molecule has 0 bridgehead atoms. The summed E-state index contributed by atoms with van der Waals surface area (Å²) in [6.07, 6.45) is 0. The SMILES string of the molecule is Fc1ccc2nc(CI)oc2c1. The number of alkyl halides is 1. The summed E-state index contributed by atoms with van der Waals surface area (Å²) >= 11 is 2.15. The number of benzene rings is 1. The molecule has 0 atom stereocenters. The van der Waals surface area contributed by atoms with E-state index >= 15 is 0 Å². The van der Waals surface area contributed by atoms with Crippen LogP contribution in [0, 0.1) is 5.82 Å². The molecule has 0 radical (unpaired) electrons. The Morgan fingerprint density at radius 3 is 3.08 bits per heavy atom. The van der Waals surface area contributed by atoms with Gasteiger partial charge in [0.25, 0.3) is 0 Å². The molecule has 0 saturated carbocycles. The summed E-state index contributed by atoms with van der Waals surface area (Å²) in [5.41, 5.74) is 1.23. The number of halogens is 2. The molecule has 1 aromatic carbocycles. The molecule has 0 amide bonds. The number of hydrogen-bond acceptors (Lipinski definition) is 2. The van der Waals surface area contributed by atoms with Crippen LogP contribution in [-0.4, -0.2) is 4.98 Å². The standard InChI is InChI=1S/C8H5FINO/c9-5-1-2-6-7(3-5)12-8(4-10)11-6/h1-3H,4H2. The highest BCUT2D eigenvalue weighted by molar-refractivity contribution is 14.1. The average Bonchev–Trinajstić information content (AvgIpc) is 2.46. The first-order chi connectivity index (χ1) is 5.79. The van der Waals surface area contributed by atoms with Crippen LogP contribution in [0.2, 0.25) is 0 Å². The van der Waals surface area contributed by atoms with Crippen molar-refractivity contribution in [3.8, 4) is 0 Å². The van der Waals surface area contributed by atoms with Crippen LogP contribution < -0.4 is 0 Å². The summed E-state index contributed by atoms with van der Waals surface area (Å²) in [5.74, 6) is 0.342. The zero-order valence-electron chi connectivity index (χ0n) is 6.05. The van der Waals surface area contributed by atoms with Crippen molar-refractivity contribution in [2.75, 3.05) is 0 Å². The molecule has 1 aromatic heterocycles. The van der Waals surface area contributed by atoms with Crippen molar-refractivity contribution < 1.29 is 8.81 Å². The van der Waals surface area contributed by atoms with Gasteiger partial charge in [-0.1, -0.05) is 22.6 Å². The molecule has 2 aromatic rings. The van der Waals surface area contributed by atoms with E-state index in [1.165, 1.54) is 12.1 Å². The van der Waals surface area contributed by atoms with Gasteiger partial charge in [0, 0.05) is 6.07 Å². The van der Waals surface area contributed by atoms with Gasteiger partial charge in [-0.05, 0) is 12.1 Å². The first-order valence-corrected chi connectivity index (χ1v) is 4.93. The molecule has 0 unspecified atom stereocenters. The molecule has 0 spiro atoms. The number of oxazole rings is 1. The van der Waals surface area contributed by atoms with E-state index in [0.717, 1.165) is 0 Å². The monoisotopic (exact) mass is 277 g/mol. The molecule has 0 N–H and O–H groups in total. The van der Waals surface area contributed by atoms with Crippen LogP contribution in [0.15, 0.2) is 22.6 Å². The van der Waals surface area contributed by atoms with E-state index in [-0.39, 0.29) is 5.82 Å². The van der Waals surface area contributed by atoms with Crippen molar-refractivity contribution in [1.82, 2.24) is 4.98 Å². The molecule has 0 aliphatic rings. The quantitative estimate of drug-likeness (QED) is 0.591. The first-order valence-electron chi connectivity index (χ1n) is 3.40. The molecule has 2 nitrogen and oxygen atoms in total. The Morgan fingerprint density at radius 2 is 2.33 bits per heavy atom. The Morgan fingerprint density at radius 1 is 1.50 bits per heavy atom. The minimum Gasteiger partial charge on any atom is -0.440 e. The Labute approximate surface area is 81.9 Å². The molecule has 0 aliphatic heterocycles. The molecule has 62 valence electrons. The Balaban J connectivity index is 2.67. The molecular weight excluding hydrogens is 272 g/mol. The second kappa shape index (κ2) is 3.01. The van der Waals surface area contributed by atoms with Gasteiger partial charge in [-0.3, -0.25) is 0 Å².